The number of piperazine rings is 3. The monoisotopic (exact) mass is 306 g/mol. The summed E-state index contributed by atoms with van der Waals surface area (Å²) in [6, 6.07) is 0.582. The van der Waals surface area contributed by atoms with E-state index in [2.05, 4.69) is 35.6 Å². The number of hydrogen-bond acceptors (Lipinski definition) is 5. The summed E-state index contributed by atoms with van der Waals surface area (Å²) in [4.78, 5) is 9.41. The second kappa shape index (κ2) is 6.62. The summed E-state index contributed by atoms with van der Waals surface area (Å²) in [6.07, 6.45) is 0. The van der Waals surface area contributed by atoms with Gasteiger partial charge in [0.05, 0.1) is 6.54 Å². The molecule has 2 bridgehead atoms. The third-order valence-electron chi connectivity index (χ3n) is 4.72. The first kappa shape index (κ1) is 15.2. The fraction of sp³-hybridized carbons (Fsp3) is 0.786. The summed E-state index contributed by atoms with van der Waals surface area (Å²) >= 11 is 0. The maximum absolute atomic E-state index is 4.29. The number of aliphatic imine (C=N–C) groups is 1. The van der Waals surface area contributed by atoms with Crippen LogP contribution in [-0.4, -0.2) is 82.9 Å². The highest BCUT2D eigenvalue weighted by Gasteiger charge is 2.31. The standard InChI is InChI=1S/C14H26N8/c1-11-18-19-13(20(11)3)9-17-14(15-2)16-8-12-10-21-4-6-22(12)7-5-21/h12H,4-10H2,1-3H3,(H2,15,16,17). The van der Waals surface area contributed by atoms with Crippen LogP contribution in [0.1, 0.15) is 11.6 Å². The van der Waals surface area contributed by atoms with Crippen LogP contribution in [0.15, 0.2) is 4.99 Å². The second-order valence-electron chi connectivity index (χ2n) is 6.02. The first-order chi connectivity index (χ1) is 10.7. The van der Waals surface area contributed by atoms with E-state index in [1.807, 2.05) is 18.5 Å². The van der Waals surface area contributed by atoms with E-state index in [0.29, 0.717) is 12.6 Å². The molecule has 0 aliphatic carbocycles. The summed E-state index contributed by atoms with van der Waals surface area (Å²) in [6.45, 7) is 9.47. The van der Waals surface area contributed by atoms with Gasteiger partial charge in [0.15, 0.2) is 11.8 Å². The van der Waals surface area contributed by atoms with Gasteiger partial charge in [0.25, 0.3) is 0 Å². The molecule has 22 heavy (non-hydrogen) atoms. The van der Waals surface area contributed by atoms with Gasteiger partial charge in [-0.3, -0.25) is 14.8 Å². The predicted octanol–water partition coefficient (Wildman–Crippen LogP) is -1.21. The van der Waals surface area contributed by atoms with Gasteiger partial charge in [0, 0.05) is 59.4 Å². The number of rotatable bonds is 4. The van der Waals surface area contributed by atoms with Gasteiger partial charge < -0.3 is 15.2 Å². The highest BCUT2D eigenvalue weighted by Crippen LogP contribution is 2.14. The van der Waals surface area contributed by atoms with Crippen molar-refractivity contribution in [1.29, 1.82) is 0 Å². The van der Waals surface area contributed by atoms with Crippen molar-refractivity contribution in [2.45, 2.75) is 19.5 Å². The number of nitrogens with one attached hydrogen (secondary N) is 2. The Kier molecular flexibility index (Phi) is 4.58. The van der Waals surface area contributed by atoms with Gasteiger partial charge in [0.2, 0.25) is 0 Å². The molecule has 0 amide bonds. The Hall–Kier alpha value is -1.67. The van der Waals surface area contributed by atoms with E-state index in [1.165, 1.54) is 26.2 Å². The average Bonchev–Trinajstić information content (AvgIpc) is 2.88. The number of fused-ring (bicyclic) bond motifs is 3. The lowest BCUT2D eigenvalue weighted by molar-refractivity contribution is 0.0154. The Bertz CT molecular complexity index is 529. The minimum atomic E-state index is 0.582. The lowest BCUT2D eigenvalue weighted by Gasteiger charge is -2.47. The number of hydrogen-bond donors (Lipinski definition) is 2. The Morgan fingerprint density at radius 1 is 1.23 bits per heavy atom. The molecule has 3 saturated heterocycles. The zero-order valence-electron chi connectivity index (χ0n) is 13.7. The number of aromatic nitrogens is 3. The molecule has 4 heterocycles. The maximum atomic E-state index is 4.29. The molecule has 8 nitrogen and oxygen atoms in total. The fourth-order valence-corrected chi connectivity index (χ4v) is 3.12. The van der Waals surface area contributed by atoms with Crippen molar-refractivity contribution in [1.82, 2.24) is 35.2 Å². The van der Waals surface area contributed by atoms with Crippen molar-refractivity contribution in [3.05, 3.63) is 11.6 Å². The first-order valence-corrected chi connectivity index (χ1v) is 7.93. The molecule has 0 aromatic carbocycles. The van der Waals surface area contributed by atoms with Crippen molar-refractivity contribution >= 4 is 5.96 Å². The van der Waals surface area contributed by atoms with Crippen molar-refractivity contribution in [2.24, 2.45) is 12.0 Å². The van der Waals surface area contributed by atoms with E-state index in [4.69, 9.17) is 0 Å². The smallest absolute Gasteiger partial charge is 0.191 e. The molecule has 0 saturated carbocycles. The van der Waals surface area contributed by atoms with Crippen molar-refractivity contribution < 1.29 is 0 Å². The summed E-state index contributed by atoms with van der Waals surface area (Å²) in [7, 11) is 3.77. The van der Waals surface area contributed by atoms with Gasteiger partial charge in [-0.2, -0.15) is 0 Å². The molecule has 122 valence electrons. The molecule has 1 unspecified atom stereocenters. The number of aryl methyl sites for hydroxylation is 1. The predicted molar refractivity (Wildman–Crippen MR) is 85.7 cm³/mol. The lowest BCUT2D eigenvalue weighted by atomic mass is 10.1. The third-order valence-corrected chi connectivity index (χ3v) is 4.72. The number of nitrogens with zero attached hydrogens (tertiary/aromatic N) is 6. The molecule has 1 aromatic heterocycles. The van der Waals surface area contributed by atoms with Crippen molar-refractivity contribution in [3.8, 4) is 0 Å². The average molecular weight is 306 g/mol. The minimum Gasteiger partial charge on any atom is -0.355 e. The third kappa shape index (κ3) is 3.22. The summed E-state index contributed by atoms with van der Waals surface area (Å²) in [5.74, 6) is 2.64. The van der Waals surface area contributed by atoms with E-state index in [9.17, 15) is 0 Å². The molecule has 0 radical (unpaired) electrons. The van der Waals surface area contributed by atoms with Crippen LogP contribution in [0.2, 0.25) is 0 Å². The molecule has 3 aliphatic rings. The topological polar surface area (TPSA) is 73.6 Å². The minimum absolute atomic E-state index is 0.582. The van der Waals surface area contributed by atoms with E-state index in [-0.39, 0.29) is 0 Å². The van der Waals surface area contributed by atoms with Gasteiger partial charge in [-0.15, -0.1) is 10.2 Å². The lowest BCUT2D eigenvalue weighted by Crippen LogP contribution is -2.63. The molecular formula is C14H26N8. The van der Waals surface area contributed by atoms with Crippen LogP contribution in [0.25, 0.3) is 0 Å². The molecule has 3 aliphatic heterocycles. The van der Waals surface area contributed by atoms with E-state index in [0.717, 1.165) is 30.7 Å². The molecule has 2 N–H and O–H groups in total. The zero-order chi connectivity index (χ0) is 15.5. The highest BCUT2D eigenvalue weighted by molar-refractivity contribution is 5.79. The van der Waals surface area contributed by atoms with Crippen LogP contribution in [0.4, 0.5) is 0 Å². The van der Waals surface area contributed by atoms with Crippen LogP contribution in [0.3, 0.4) is 0 Å². The van der Waals surface area contributed by atoms with Gasteiger partial charge in [-0.1, -0.05) is 0 Å². The summed E-state index contributed by atoms with van der Waals surface area (Å²) in [5.41, 5.74) is 0. The summed E-state index contributed by atoms with van der Waals surface area (Å²) < 4.78 is 1.99. The number of guanidine groups is 1. The van der Waals surface area contributed by atoms with Gasteiger partial charge >= 0.3 is 0 Å². The van der Waals surface area contributed by atoms with Crippen LogP contribution < -0.4 is 10.6 Å². The van der Waals surface area contributed by atoms with E-state index >= 15 is 0 Å². The maximum Gasteiger partial charge on any atom is 0.191 e. The quantitative estimate of drug-likeness (QED) is 0.537. The highest BCUT2D eigenvalue weighted by atomic mass is 15.4. The van der Waals surface area contributed by atoms with Gasteiger partial charge in [-0.05, 0) is 6.92 Å². The Balaban J connectivity index is 1.47. The first-order valence-electron chi connectivity index (χ1n) is 7.93. The molecule has 1 atom stereocenters. The van der Waals surface area contributed by atoms with E-state index in [1.54, 1.807) is 7.05 Å². The van der Waals surface area contributed by atoms with Crippen LogP contribution in [0.5, 0.6) is 0 Å². The molecule has 0 spiro atoms. The van der Waals surface area contributed by atoms with Gasteiger partial charge in [-0.25, -0.2) is 0 Å². The van der Waals surface area contributed by atoms with Crippen LogP contribution in [-0.2, 0) is 13.6 Å². The van der Waals surface area contributed by atoms with Crippen molar-refractivity contribution in [3.63, 3.8) is 0 Å². The molecule has 1 aromatic rings. The largest absolute Gasteiger partial charge is 0.355 e. The molecule has 3 fully saturated rings. The Morgan fingerprint density at radius 3 is 2.55 bits per heavy atom. The molecule has 4 rings (SSSR count). The van der Waals surface area contributed by atoms with Crippen molar-refractivity contribution in [2.75, 3.05) is 46.3 Å². The van der Waals surface area contributed by atoms with Crippen LogP contribution >= 0.6 is 0 Å². The Labute approximate surface area is 131 Å². The summed E-state index contributed by atoms with van der Waals surface area (Å²) in [5, 5.41) is 15.0. The van der Waals surface area contributed by atoms with Crippen LogP contribution in [0, 0.1) is 6.92 Å². The zero-order valence-corrected chi connectivity index (χ0v) is 13.7. The van der Waals surface area contributed by atoms with E-state index < -0.39 is 0 Å². The molecular weight excluding hydrogens is 280 g/mol. The second-order valence-corrected chi connectivity index (χ2v) is 6.02. The fourth-order valence-electron chi connectivity index (χ4n) is 3.12. The molecule has 8 heteroatoms. The Morgan fingerprint density at radius 2 is 2.00 bits per heavy atom. The normalized spacial score (nSPS) is 28.0. The SMILES string of the molecule is CN=C(NCc1nnc(C)n1C)NCC1CN2CCN1CC2. The van der Waals surface area contributed by atoms with Gasteiger partial charge in [0.1, 0.15) is 5.82 Å².